The van der Waals surface area contributed by atoms with Gasteiger partial charge in [0.1, 0.15) is 29.9 Å². The summed E-state index contributed by atoms with van der Waals surface area (Å²) in [6.07, 6.45) is 2.73. The van der Waals surface area contributed by atoms with Gasteiger partial charge in [-0.05, 0) is 30.3 Å². The summed E-state index contributed by atoms with van der Waals surface area (Å²) in [5.41, 5.74) is -0.173. The second-order valence-corrected chi connectivity index (χ2v) is 7.12. The van der Waals surface area contributed by atoms with Crippen LogP contribution < -0.4 is 0 Å². The van der Waals surface area contributed by atoms with Crippen molar-refractivity contribution >= 4 is 35.7 Å². The number of hydrogen-bond acceptors (Lipinski definition) is 5. The molecule has 2 atom stereocenters. The lowest BCUT2D eigenvalue weighted by atomic mass is 9.79. The van der Waals surface area contributed by atoms with E-state index < -0.39 is 23.2 Å². The maximum atomic E-state index is 14.7. The van der Waals surface area contributed by atoms with Crippen molar-refractivity contribution in [1.82, 2.24) is 19.7 Å². The molecule has 32 heavy (non-hydrogen) atoms. The SMILES string of the molecule is CC(c1ccc2cc(C#N)ccc2n1)C(O)(Cn1cncn1)c1ccc(F)cc1F.Cl.Cl. The average molecular weight is 478 g/mol. The molecule has 10 heteroatoms. The van der Waals surface area contributed by atoms with E-state index in [2.05, 4.69) is 21.1 Å². The average Bonchev–Trinajstić information content (AvgIpc) is 3.25. The largest absolute Gasteiger partial charge is 0.382 e. The molecule has 0 bridgehead atoms. The van der Waals surface area contributed by atoms with Gasteiger partial charge in [0, 0.05) is 28.6 Å². The highest BCUT2D eigenvalue weighted by molar-refractivity contribution is 5.85. The summed E-state index contributed by atoms with van der Waals surface area (Å²) in [4.78, 5) is 8.48. The number of fused-ring (bicyclic) bond motifs is 1. The number of nitriles is 1. The van der Waals surface area contributed by atoms with Crippen molar-refractivity contribution in [2.75, 3.05) is 0 Å². The van der Waals surface area contributed by atoms with Crippen LogP contribution in [0.2, 0.25) is 0 Å². The Balaban J connectivity index is 0.00000181. The number of rotatable bonds is 5. The second kappa shape index (κ2) is 10.0. The Bertz CT molecular complexity index is 1260. The van der Waals surface area contributed by atoms with E-state index in [1.807, 2.05) is 0 Å². The van der Waals surface area contributed by atoms with Crippen LogP contribution in [-0.4, -0.2) is 24.9 Å². The minimum absolute atomic E-state index is 0. The molecule has 2 unspecified atom stereocenters. The fourth-order valence-corrected chi connectivity index (χ4v) is 3.55. The smallest absolute Gasteiger partial charge is 0.137 e. The molecule has 2 heterocycles. The number of aromatic nitrogens is 4. The standard InChI is InChI=1S/C22H17F2N5O.2ClH/c1-14(20-7-3-16-8-15(10-25)2-6-21(16)28-20)22(30,11-29-13-26-12-27-29)18-5-4-17(23)9-19(18)24;;/h2-9,12-14,30H,11H2,1H3;2*1H. The predicted octanol–water partition coefficient (Wildman–Crippen LogP) is 4.51. The summed E-state index contributed by atoms with van der Waals surface area (Å²) < 4.78 is 29.6. The van der Waals surface area contributed by atoms with Gasteiger partial charge in [0.05, 0.1) is 23.7 Å². The van der Waals surface area contributed by atoms with Crippen LogP contribution in [-0.2, 0) is 12.1 Å². The molecule has 0 radical (unpaired) electrons. The van der Waals surface area contributed by atoms with Crippen LogP contribution in [0.3, 0.4) is 0 Å². The van der Waals surface area contributed by atoms with Crippen molar-refractivity contribution < 1.29 is 13.9 Å². The summed E-state index contributed by atoms with van der Waals surface area (Å²) in [6.45, 7) is 1.61. The lowest BCUT2D eigenvalue weighted by molar-refractivity contribution is -0.0122. The van der Waals surface area contributed by atoms with E-state index in [0.717, 1.165) is 17.5 Å². The second-order valence-electron chi connectivity index (χ2n) is 7.12. The highest BCUT2D eigenvalue weighted by Crippen LogP contribution is 2.39. The molecular weight excluding hydrogens is 459 g/mol. The maximum absolute atomic E-state index is 14.7. The van der Waals surface area contributed by atoms with Gasteiger partial charge >= 0.3 is 0 Å². The number of aliphatic hydroxyl groups is 1. The molecule has 0 spiro atoms. The zero-order chi connectivity index (χ0) is 21.3. The Kier molecular flexibility index (Phi) is 7.86. The van der Waals surface area contributed by atoms with E-state index in [4.69, 9.17) is 5.26 Å². The normalized spacial score (nSPS) is 13.3. The first-order chi connectivity index (χ1) is 14.4. The zero-order valence-electron chi connectivity index (χ0n) is 16.8. The van der Waals surface area contributed by atoms with Crippen molar-refractivity contribution in [3.05, 3.63) is 89.6 Å². The zero-order valence-corrected chi connectivity index (χ0v) is 18.4. The van der Waals surface area contributed by atoms with Gasteiger partial charge in [-0.1, -0.05) is 19.1 Å². The molecule has 6 nitrogen and oxygen atoms in total. The van der Waals surface area contributed by atoms with Crippen molar-refractivity contribution in [2.45, 2.75) is 25.0 Å². The van der Waals surface area contributed by atoms with Crippen LogP contribution in [0.4, 0.5) is 8.78 Å². The first-order valence-corrected chi connectivity index (χ1v) is 9.22. The Hall–Kier alpha value is -3.12. The number of hydrogen-bond donors (Lipinski definition) is 1. The molecule has 0 amide bonds. The van der Waals surface area contributed by atoms with Gasteiger partial charge < -0.3 is 5.11 Å². The van der Waals surface area contributed by atoms with Gasteiger partial charge in [0.2, 0.25) is 0 Å². The molecule has 4 aromatic rings. The Morgan fingerprint density at radius 2 is 1.91 bits per heavy atom. The third kappa shape index (κ3) is 4.70. The van der Waals surface area contributed by atoms with Gasteiger partial charge in [-0.15, -0.1) is 24.8 Å². The predicted molar refractivity (Wildman–Crippen MR) is 120 cm³/mol. The molecule has 0 saturated heterocycles. The van der Waals surface area contributed by atoms with Crippen LogP contribution in [0, 0.1) is 23.0 Å². The minimum Gasteiger partial charge on any atom is -0.382 e. The Labute approximate surface area is 195 Å². The monoisotopic (exact) mass is 477 g/mol. The molecule has 0 aliphatic rings. The van der Waals surface area contributed by atoms with Crippen LogP contribution in [0.25, 0.3) is 10.9 Å². The first kappa shape index (κ1) is 25.1. The molecule has 2 aromatic carbocycles. The summed E-state index contributed by atoms with van der Waals surface area (Å²) in [5, 5.41) is 25.5. The number of nitrogens with zero attached hydrogens (tertiary/aromatic N) is 5. The molecule has 4 rings (SSSR count). The lowest BCUT2D eigenvalue weighted by Crippen LogP contribution is -2.38. The summed E-state index contributed by atoms with van der Waals surface area (Å²) in [7, 11) is 0. The van der Waals surface area contributed by atoms with Gasteiger partial charge in [0.25, 0.3) is 0 Å². The number of halogens is 4. The van der Waals surface area contributed by atoms with Crippen molar-refractivity contribution in [3.63, 3.8) is 0 Å². The molecule has 0 aliphatic carbocycles. The van der Waals surface area contributed by atoms with Crippen LogP contribution in [0.5, 0.6) is 0 Å². The van der Waals surface area contributed by atoms with E-state index in [-0.39, 0.29) is 36.9 Å². The van der Waals surface area contributed by atoms with Crippen LogP contribution >= 0.6 is 24.8 Å². The van der Waals surface area contributed by atoms with E-state index in [1.165, 1.54) is 23.4 Å². The molecule has 166 valence electrons. The van der Waals surface area contributed by atoms with Gasteiger partial charge in [-0.2, -0.15) is 10.4 Å². The number of benzene rings is 2. The molecule has 0 fully saturated rings. The third-order valence-corrected chi connectivity index (χ3v) is 5.27. The molecule has 0 aliphatic heterocycles. The van der Waals surface area contributed by atoms with Crippen molar-refractivity contribution in [2.24, 2.45) is 0 Å². The van der Waals surface area contributed by atoms with Gasteiger partial charge in [0.15, 0.2) is 0 Å². The summed E-state index contributed by atoms with van der Waals surface area (Å²) in [5.74, 6) is -2.27. The fraction of sp³-hybridized carbons (Fsp3) is 0.182. The lowest BCUT2D eigenvalue weighted by Gasteiger charge is -2.34. The van der Waals surface area contributed by atoms with E-state index in [1.54, 1.807) is 37.3 Å². The van der Waals surface area contributed by atoms with Crippen molar-refractivity contribution in [1.29, 1.82) is 5.26 Å². The maximum Gasteiger partial charge on any atom is 0.137 e. The quantitative estimate of drug-likeness (QED) is 0.456. The van der Waals surface area contributed by atoms with Gasteiger partial charge in [-0.3, -0.25) is 4.98 Å². The molecule has 2 aromatic heterocycles. The minimum atomic E-state index is -1.78. The fourth-order valence-electron chi connectivity index (χ4n) is 3.55. The van der Waals surface area contributed by atoms with Crippen LogP contribution in [0.1, 0.15) is 29.7 Å². The first-order valence-electron chi connectivity index (χ1n) is 9.22. The molecular formula is C22H19Cl2F2N5O. The van der Waals surface area contributed by atoms with Crippen molar-refractivity contribution in [3.8, 4) is 6.07 Å². The van der Waals surface area contributed by atoms with Gasteiger partial charge in [-0.25, -0.2) is 18.4 Å². The third-order valence-electron chi connectivity index (χ3n) is 5.27. The highest BCUT2D eigenvalue weighted by atomic mass is 35.5. The Morgan fingerprint density at radius 3 is 2.56 bits per heavy atom. The summed E-state index contributed by atoms with van der Waals surface area (Å²) >= 11 is 0. The summed E-state index contributed by atoms with van der Waals surface area (Å²) in [6, 6.07) is 13.8. The Morgan fingerprint density at radius 1 is 1.12 bits per heavy atom. The van der Waals surface area contributed by atoms with E-state index in [9.17, 15) is 13.9 Å². The van der Waals surface area contributed by atoms with E-state index in [0.29, 0.717) is 16.8 Å². The van der Waals surface area contributed by atoms with E-state index >= 15 is 0 Å². The molecule has 0 saturated carbocycles. The van der Waals surface area contributed by atoms with Crippen LogP contribution in [0.15, 0.2) is 61.2 Å². The molecule has 1 N–H and O–H groups in total. The number of pyridine rings is 1. The topological polar surface area (TPSA) is 87.6 Å². The highest BCUT2D eigenvalue weighted by Gasteiger charge is 2.40.